The summed E-state index contributed by atoms with van der Waals surface area (Å²) in [7, 11) is 2.13. The lowest BCUT2D eigenvalue weighted by Gasteiger charge is -2.05. The van der Waals surface area contributed by atoms with Crippen molar-refractivity contribution in [3.63, 3.8) is 0 Å². The summed E-state index contributed by atoms with van der Waals surface area (Å²) >= 11 is 0. The van der Waals surface area contributed by atoms with E-state index in [2.05, 4.69) is 84.6 Å². The molecule has 4 heteroatoms. The molecule has 0 N–H and O–H groups in total. The summed E-state index contributed by atoms with van der Waals surface area (Å²) in [5, 5.41) is 5.64. The first-order chi connectivity index (χ1) is 15.6. The van der Waals surface area contributed by atoms with Crippen LogP contribution in [-0.4, -0.2) is 4.57 Å². The molecular formula is C28H21N2O2+. The van der Waals surface area contributed by atoms with Crippen molar-refractivity contribution >= 4 is 54.7 Å². The Bertz CT molecular complexity index is 1860. The zero-order chi connectivity index (χ0) is 21.6. The fraction of sp³-hybridized carbons (Fsp3) is 0.107. The molecule has 0 aliphatic heterocycles. The first-order valence-electron chi connectivity index (χ1n) is 10.8. The Labute approximate surface area is 183 Å². The van der Waals surface area contributed by atoms with Gasteiger partial charge >= 0.3 is 0 Å². The van der Waals surface area contributed by atoms with E-state index in [1.807, 2.05) is 12.1 Å². The van der Waals surface area contributed by atoms with Gasteiger partial charge in [0.1, 0.15) is 22.4 Å². The van der Waals surface area contributed by atoms with Crippen molar-refractivity contribution in [2.75, 3.05) is 0 Å². The van der Waals surface area contributed by atoms with Crippen LogP contribution in [0.5, 0.6) is 0 Å². The van der Waals surface area contributed by atoms with Gasteiger partial charge in [-0.05, 0) is 55.0 Å². The van der Waals surface area contributed by atoms with Crippen LogP contribution in [-0.2, 0) is 7.05 Å². The van der Waals surface area contributed by atoms with Crippen molar-refractivity contribution in [2.24, 2.45) is 7.05 Å². The van der Waals surface area contributed by atoms with Crippen LogP contribution in [0.2, 0.25) is 0 Å². The minimum Gasteiger partial charge on any atom is -0.464 e. The highest BCUT2D eigenvalue weighted by atomic mass is 16.3. The van der Waals surface area contributed by atoms with Crippen LogP contribution in [0.3, 0.4) is 0 Å². The summed E-state index contributed by atoms with van der Waals surface area (Å²) in [6.07, 6.45) is 1.72. The highest BCUT2D eigenvalue weighted by Gasteiger charge is 2.25. The normalized spacial score (nSPS) is 12.2. The lowest BCUT2D eigenvalue weighted by molar-refractivity contribution is -0.652. The van der Waals surface area contributed by atoms with Gasteiger partial charge in [-0.2, -0.15) is 4.57 Å². The van der Waals surface area contributed by atoms with Gasteiger partial charge in [0.15, 0.2) is 11.0 Å². The third kappa shape index (κ3) is 2.14. The van der Waals surface area contributed by atoms with Crippen molar-refractivity contribution in [2.45, 2.75) is 13.8 Å². The van der Waals surface area contributed by atoms with Gasteiger partial charge in [-0.1, -0.05) is 18.2 Å². The second-order valence-corrected chi connectivity index (χ2v) is 8.61. The topological polar surface area (TPSA) is 35.1 Å². The van der Waals surface area contributed by atoms with Crippen LogP contribution >= 0.6 is 0 Å². The zero-order valence-corrected chi connectivity index (χ0v) is 18.1. The van der Waals surface area contributed by atoms with E-state index in [0.29, 0.717) is 0 Å². The second kappa shape index (κ2) is 6.01. The summed E-state index contributed by atoms with van der Waals surface area (Å²) in [5.74, 6) is 1.19. The molecule has 0 saturated carbocycles. The second-order valence-electron chi connectivity index (χ2n) is 8.61. The highest BCUT2D eigenvalue weighted by molar-refractivity contribution is 6.20. The van der Waals surface area contributed by atoms with E-state index < -0.39 is 0 Å². The molecule has 4 aromatic carbocycles. The number of imidazole rings is 1. The molecule has 3 heterocycles. The van der Waals surface area contributed by atoms with E-state index in [0.717, 1.165) is 38.3 Å². The highest BCUT2D eigenvalue weighted by Crippen LogP contribution is 2.38. The van der Waals surface area contributed by atoms with E-state index in [1.54, 1.807) is 6.26 Å². The first kappa shape index (κ1) is 17.6. The number of rotatable bonds is 1. The van der Waals surface area contributed by atoms with Crippen molar-refractivity contribution in [3.05, 3.63) is 84.4 Å². The molecule has 0 amide bonds. The molecule has 0 bridgehead atoms. The van der Waals surface area contributed by atoms with Crippen molar-refractivity contribution < 1.29 is 13.4 Å². The molecule has 0 aliphatic rings. The molecule has 3 aromatic heterocycles. The van der Waals surface area contributed by atoms with Crippen LogP contribution in [0.1, 0.15) is 11.4 Å². The summed E-state index contributed by atoms with van der Waals surface area (Å²) in [6.45, 7) is 4.34. The van der Waals surface area contributed by atoms with Gasteiger partial charge < -0.3 is 8.83 Å². The molecule has 7 aromatic rings. The predicted molar refractivity (Wildman–Crippen MR) is 128 cm³/mol. The molecule has 0 fully saturated rings. The Hall–Kier alpha value is -4.05. The van der Waals surface area contributed by atoms with Crippen LogP contribution < -0.4 is 4.57 Å². The predicted octanol–water partition coefficient (Wildman–Crippen LogP) is 6.87. The lowest BCUT2D eigenvalue weighted by Crippen LogP contribution is -2.30. The van der Waals surface area contributed by atoms with Crippen molar-refractivity contribution in [1.29, 1.82) is 0 Å². The van der Waals surface area contributed by atoms with E-state index in [4.69, 9.17) is 8.83 Å². The summed E-state index contributed by atoms with van der Waals surface area (Å²) < 4.78 is 16.6. The fourth-order valence-corrected chi connectivity index (χ4v) is 5.17. The Kier molecular flexibility index (Phi) is 3.31. The number of hydrogen-bond donors (Lipinski definition) is 0. The van der Waals surface area contributed by atoms with Crippen LogP contribution in [0, 0.1) is 13.8 Å². The van der Waals surface area contributed by atoms with Gasteiger partial charge in [0, 0.05) is 39.9 Å². The molecule has 32 heavy (non-hydrogen) atoms. The van der Waals surface area contributed by atoms with Gasteiger partial charge in [0.05, 0.1) is 13.3 Å². The first-order valence-corrected chi connectivity index (χ1v) is 10.8. The number of furan rings is 2. The SMILES string of the molecule is Cc1ccccc1-n1c(C)[n+](C)c2ccc3c(ccc4c5cc6ccoc6cc5oc43)c21. The minimum absolute atomic E-state index is 0.847. The number of aromatic nitrogens is 2. The standard InChI is InChI=1S/C28H21N2O2/c1-16-6-4-5-7-23(16)30-17(2)29(3)24-11-10-20-19(27(24)30)8-9-21-22-14-18-12-13-31-25(18)15-26(22)32-28(20)21/h4-15H,1-3H3/q+1. The minimum atomic E-state index is 0.847. The van der Waals surface area contributed by atoms with Crippen LogP contribution in [0.25, 0.3) is 60.4 Å². The van der Waals surface area contributed by atoms with E-state index in [9.17, 15) is 0 Å². The van der Waals surface area contributed by atoms with Crippen LogP contribution in [0.4, 0.5) is 0 Å². The number of hydrogen-bond acceptors (Lipinski definition) is 2. The van der Waals surface area contributed by atoms with E-state index >= 15 is 0 Å². The van der Waals surface area contributed by atoms with Gasteiger partial charge in [-0.15, -0.1) is 0 Å². The van der Waals surface area contributed by atoms with Crippen molar-refractivity contribution in [3.8, 4) is 5.69 Å². The molecule has 7 rings (SSSR count). The number of fused-ring (bicyclic) bond motifs is 8. The Morgan fingerprint density at radius 2 is 1.56 bits per heavy atom. The summed E-state index contributed by atoms with van der Waals surface area (Å²) in [6, 6.07) is 23.5. The number of aryl methyl sites for hydroxylation is 2. The van der Waals surface area contributed by atoms with E-state index in [1.165, 1.54) is 33.5 Å². The maximum atomic E-state index is 6.42. The number of nitrogens with zero attached hydrogens (tertiary/aromatic N) is 2. The fourth-order valence-electron chi connectivity index (χ4n) is 5.17. The van der Waals surface area contributed by atoms with Crippen LogP contribution in [0.15, 0.2) is 81.8 Å². The molecule has 0 radical (unpaired) electrons. The Morgan fingerprint density at radius 1 is 0.781 bits per heavy atom. The van der Waals surface area contributed by atoms with Gasteiger partial charge in [-0.3, -0.25) is 0 Å². The maximum absolute atomic E-state index is 6.42. The summed E-state index contributed by atoms with van der Waals surface area (Å²) in [5.41, 5.74) is 7.47. The summed E-state index contributed by atoms with van der Waals surface area (Å²) in [4.78, 5) is 0. The van der Waals surface area contributed by atoms with Gasteiger partial charge in [0.2, 0.25) is 0 Å². The number of para-hydroxylation sites is 1. The molecule has 154 valence electrons. The van der Waals surface area contributed by atoms with Crippen molar-refractivity contribution in [1.82, 2.24) is 4.57 Å². The average molecular weight is 417 g/mol. The van der Waals surface area contributed by atoms with Gasteiger partial charge in [-0.25, -0.2) is 4.57 Å². The molecular weight excluding hydrogens is 396 g/mol. The smallest absolute Gasteiger partial charge is 0.259 e. The molecule has 4 nitrogen and oxygen atoms in total. The largest absolute Gasteiger partial charge is 0.464 e. The third-order valence-electron chi connectivity index (χ3n) is 6.91. The number of benzene rings is 4. The van der Waals surface area contributed by atoms with E-state index in [-0.39, 0.29) is 0 Å². The molecule has 0 unspecified atom stereocenters. The molecule has 0 spiro atoms. The molecule has 0 saturated heterocycles. The third-order valence-corrected chi connectivity index (χ3v) is 6.91. The maximum Gasteiger partial charge on any atom is 0.259 e. The molecule has 0 atom stereocenters. The van der Waals surface area contributed by atoms with Gasteiger partial charge in [0.25, 0.3) is 5.82 Å². The average Bonchev–Trinajstić information content (AvgIpc) is 3.47. The molecule has 0 aliphatic carbocycles. The Balaban J connectivity index is 1.65. The lowest BCUT2D eigenvalue weighted by atomic mass is 10.0. The monoisotopic (exact) mass is 417 g/mol. The zero-order valence-electron chi connectivity index (χ0n) is 18.1. The quantitative estimate of drug-likeness (QED) is 0.273. The Morgan fingerprint density at radius 3 is 2.44 bits per heavy atom.